The molecule has 66 valence electrons. The lowest BCUT2D eigenvalue weighted by molar-refractivity contribution is 0.101. The molecule has 1 aromatic heterocycles. The number of hydrogen-bond acceptors (Lipinski definition) is 2. The van der Waals surface area contributed by atoms with Gasteiger partial charge in [0, 0.05) is 5.56 Å². The Morgan fingerprint density at radius 2 is 2.23 bits per heavy atom. The number of aromatic amines is 1. The standard InChI is InChI=1S/C10H10N2O/c1-6-3-8(7(2)13)4-9-10(6)12-5-11-9/h3-5H,1-2H3,(H,11,12). The second kappa shape index (κ2) is 2.69. The van der Waals surface area contributed by atoms with Crippen LogP contribution in [0.3, 0.4) is 0 Å². The molecule has 2 aromatic rings. The van der Waals surface area contributed by atoms with Crippen LogP contribution in [0.1, 0.15) is 22.8 Å². The van der Waals surface area contributed by atoms with E-state index in [2.05, 4.69) is 9.97 Å². The largest absolute Gasteiger partial charge is 0.345 e. The summed E-state index contributed by atoms with van der Waals surface area (Å²) >= 11 is 0. The van der Waals surface area contributed by atoms with Crippen molar-refractivity contribution in [1.82, 2.24) is 9.97 Å². The van der Waals surface area contributed by atoms with Gasteiger partial charge in [-0.1, -0.05) is 0 Å². The van der Waals surface area contributed by atoms with Crippen LogP contribution in [-0.2, 0) is 0 Å². The topological polar surface area (TPSA) is 45.8 Å². The van der Waals surface area contributed by atoms with Gasteiger partial charge >= 0.3 is 0 Å². The predicted octanol–water partition coefficient (Wildman–Crippen LogP) is 2.07. The first-order valence-corrected chi connectivity index (χ1v) is 4.13. The van der Waals surface area contributed by atoms with E-state index in [1.54, 1.807) is 13.3 Å². The second-order valence-electron chi connectivity index (χ2n) is 3.15. The van der Waals surface area contributed by atoms with Gasteiger partial charge in [-0.2, -0.15) is 0 Å². The third-order valence-electron chi connectivity index (χ3n) is 2.12. The van der Waals surface area contributed by atoms with E-state index in [9.17, 15) is 4.79 Å². The maximum Gasteiger partial charge on any atom is 0.159 e. The quantitative estimate of drug-likeness (QED) is 0.673. The molecule has 13 heavy (non-hydrogen) atoms. The number of fused-ring (bicyclic) bond motifs is 1. The first-order chi connectivity index (χ1) is 6.18. The summed E-state index contributed by atoms with van der Waals surface area (Å²) in [6.07, 6.45) is 1.64. The number of imidazole rings is 1. The Hall–Kier alpha value is -1.64. The first-order valence-electron chi connectivity index (χ1n) is 4.13. The molecule has 0 unspecified atom stereocenters. The van der Waals surface area contributed by atoms with Gasteiger partial charge in [-0.25, -0.2) is 4.98 Å². The number of aromatic nitrogens is 2. The highest BCUT2D eigenvalue weighted by atomic mass is 16.1. The van der Waals surface area contributed by atoms with Crippen LogP contribution in [0.2, 0.25) is 0 Å². The van der Waals surface area contributed by atoms with E-state index in [-0.39, 0.29) is 5.78 Å². The Morgan fingerprint density at radius 1 is 1.46 bits per heavy atom. The number of hydrogen-bond donors (Lipinski definition) is 1. The summed E-state index contributed by atoms with van der Waals surface area (Å²) in [6, 6.07) is 3.70. The molecule has 0 aliphatic rings. The zero-order valence-electron chi connectivity index (χ0n) is 7.59. The van der Waals surface area contributed by atoms with Crippen molar-refractivity contribution in [2.75, 3.05) is 0 Å². The lowest BCUT2D eigenvalue weighted by Gasteiger charge is -1.98. The fraction of sp³-hybridized carbons (Fsp3) is 0.200. The van der Waals surface area contributed by atoms with Crippen LogP contribution >= 0.6 is 0 Å². The highest BCUT2D eigenvalue weighted by Gasteiger charge is 2.05. The van der Waals surface area contributed by atoms with Gasteiger partial charge in [0.1, 0.15) is 0 Å². The zero-order valence-corrected chi connectivity index (χ0v) is 7.59. The SMILES string of the molecule is CC(=O)c1cc(C)c2nc[nH]c2c1. The molecular weight excluding hydrogens is 164 g/mol. The number of aryl methyl sites for hydroxylation is 1. The molecule has 1 aromatic carbocycles. The molecule has 0 saturated carbocycles. The first kappa shape index (κ1) is 7.98. The minimum absolute atomic E-state index is 0.0830. The van der Waals surface area contributed by atoms with Crippen LogP contribution in [0.25, 0.3) is 11.0 Å². The summed E-state index contributed by atoms with van der Waals surface area (Å²) in [6.45, 7) is 3.52. The number of Topliss-reactive ketones (excluding diaryl/α,β-unsaturated/α-hetero) is 1. The van der Waals surface area contributed by atoms with Gasteiger partial charge in [0.25, 0.3) is 0 Å². The van der Waals surface area contributed by atoms with Crippen molar-refractivity contribution in [3.05, 3.63) is 29.6 Å². The van der Waals surface area contributed by atoms with Crippen LogP contribution in [0.4, 0.5) is 0 Å². The summed E-state index contributed by atoms with van der Waals surface area (Å²) in [4.78, 5) is 18.3. The third kappa shape index (κ3) is 1.22. The van der Waals surface area contributed by atoms with E-state index in [1.165, 1.54) is 0 Å². The molecule has 3 heteroatoms. The van der Waals surface area contributed by atoms with Crippen LogP contribution < -0.4 is 0 Å². The van der Waals surface area contributed by atoms with E-state index in [0.29, 0.717) is 0 Å². The maximum atomic E-state index is 11.1. The molecule has 0 amide bonds. The van der Waals surface area contributed by atoms with Crippen LogP contribution in [-0.4, -0.2) is 15.8 Å². The monoisotopic (exact) mass is 174 g/mol. The summed E-state index contributed by atoms with van der Waals surface area (Å²) in [5.41, 5.74) is 3.62. The number of benzene rings is 1. The highest BCUT2D eigenvalue weighted by Crippen LogP contribution is 2.16. The Bertz CT molecular complexity index is 471. The lowest BCUT2D eigenvalue weighted by Crippen LogP contribution is -1.92. The average molecular weight is 174 g/mol. The molecule has 0 aliphatic heterocycles. The minimum atomic E-state index is 0.0830. The molecule has 0 fully saturated rings. The predicted molar refractivity (Wildman–Crippen MR) is 50.8 cm³/mol. The van der Waals surface area contributed by atoms with Gasteiger partial charge in [0.2, 0.25) is 0 Å². The minimum Gasteiger partial charge on any atom is -0.345 e. The smallest absolute Gasteiger partial charge is 0.159 e. The number of H-pyrrole nitrogens is 1. The van der Waals surface area contributed by atoms with Gasteiger partial charge in [-0.05, 0) is 31.5 Å². The molecule has 0 spiro atoms. The van der Waals surface area contributed by atoms with Crippen molar-refractivity contribution in [1.29, 1.82) is 0 Å². The van der Waals surface area contributed by atoms with Crippen molar-refractivity contribution >= 4 is 16.8 Å². The maximum absolute atomic E-state index is 11.1. The normalized spacial score (nSPS) is 10.6. The van der Waals surface area contributed by atoms with Gasteiger partial charge in [0.15, 0.2) is 5.78 Å². The Morgan fingerprint density at radius 3 is 2.92 bits per heavy atom. The molecule has 1 heterocycles. The van der Waals surface area contributed by atoms with E-state index >= 15 is 0 Å². The second-order valence-corrected chi connectivity index (χ2v) is 3.15. The molecule has 0 atom stereocenters. The zero-order chi connectivity index (χ0) is 9.42. The van der Waals surface area contributed by atoms with E-state index < -0.39 is 0 Å². The molecule has 0 bridgehead atoms. The molecule has 3 nitrogen and oxygen atoms in total. The van der Waals surface area contributed by atoms with Crippen LogP contribution in [0.5, 0.6) is 0 Å². The number of carbonyl (C=O) groups excluding carboxylic acids is 1. The van der Waals surface area contributed by atoms with Gasteiger partial charge in [-0.15, -0.1) is 0 Å². The number of nitrogens with zero attached hydrogens (tertiary/aromatic N) is 1. The summed E-state index contributed by atoms with van der Waals surface area (Å²) in [5, 5.41) is 0. The molecule has 0 radical (unpaired) electrons. The Balaban J connectivity index is 2.77. The number of nitrogens with one attached hydrogen (secondary N) is 1. The summed E-state index contributed by atoms with van der Waals surface area (Å²) in [5.74, 6) is 0.0830. The van der Waals surface area contributed by atoms with Gasteiger partial charge in [-0.3, -0.25) is 4.79 Å². The number of carbonyl (C=O) groups is 1. The number of rotatable bonds is 1. The summed E-state index contributed by atoms with van der Waals surface area (Å²) in [7, 11) is 0. The molecule has 0 aliphatic carbocycles. The molecular formula is C10H10N2O. The molecule has 1 N–H and O–H groups in total. The average Bonchev–Trinajstić information content (AvgIpc) is 2.51. The van der Waals surface area contributed by atoms with Crippen molar-refractivity contribution in [2.45, 2.75) is 13.8 Å². The van der Waals surface area contributed by atoms with E-state index in [1.807, 2.05) is 19.1 Å². The highest BCUT2D eigenvalue weighted by molar-refractivity contribution is 5.98. The lowest BCUT2D eigenvalue weighted by atomic mass is 10.1. The third-order valence-corrected chi connectivity index (χ3v) is 2.12. The van der Waals surface area contributed by atoms with E-state index in [0.717, 1.165) is 22.2 Å². The fourth-order valence-electron chi connectivity index (χ4n) is 1.43. The number of ketones is 1. The van der Waals surface area contributed by atoms with Crippen molar-refractivity contribution in [3.8, 4) is 0 Å². The fourth-order valence-corrected chi connectivity index (χ4v) is 1.43. The van der Waals surface area contributed by atoms with Crippen molar-refractivity contribution < 1.29 is 4.79 Å². The molecule has 2 rings (SSSR count). The van der Waals surface area contributed by atoms with Crippen LogP contribution in [0.15, 0.2) is 18.5 Å². The Labute approximate surface area is 75.8 Å². The van der Waals surface area contributed by atoms with Crippen molar-refractivity contribution in [2.24, 2.45) is 0 Å². The summed E-state index contributed by atoms with van der Waals surface area (Å²) < 4.78 is 0. The van der Waals surface area contributed by atoms with E-state index in [4.69, 9.17) is 0 Å². The van der Waals surface area contributed by atoms with Gasteiger partial charge in [0.05, 0.1) is 17.4 Å². The Kier molecular flexibility index (Phi) is 1.65. The van der Waals surface area contributed by atoms with Gasteiger partial charge < -0.3 is 4.98 Å². The molecule has 0 saturated heterocycles. The van der Waals surface area contributed by atoms with Crippen molar-refractivity contribution in [3.63, 3.8) is 0 Å². The van der Waals surface area contributed by atoms with Crippen LogP contribution in [0, 0.1) is 6.92 Å².